The van der Waals surface area contributed by atoms with Crippen molar-refractivity contribution in [1.82, 2.24) is 0 Å². The third kappa shape index (κ3) is 4.92. The van der Waals surface area contributed by atoms with Gasteiger partial charge < -0.3 is 5.11 Å². The minimum Gasteiger partial charge on any atom is -0.478 e. The zero-order chi connectivity index (χ0) is 19.3. The van der Waals surface area contributed by atoms with Crippen LogP contribution >= 0.6 is 0 Å². The van der Waals surface area contributed by atoms with Gasteiger partial charge in [-0.15, -0.1) is 0 Å². The minimum absolute atomic E-state index is 0.109. The Labute approximate surface area is 148 Å². The third-order valence-corrected chi connectivity index (χ3v) is 3.63. The van der Waals surface area contributed by atoms with E-state index >= 15 is 0 Å². The Hall–Kier alpha value is -3.15. The summed E-state index contributed by atoms with van der Waals surface area (Å²) in [4.78, 5) is 22.0. The van der Waals surface area contributed by atoms with E-state index in [1.54, 1.807) is 24.3 Å². The van der Waals surface area contributed by atoms with Gasteiger partial charge in [-0.1, -0.05) is 48.6 Å². The molecule has 2 rings (SSSR count). The molecule has 0 radical (unpaired) electrons. The first-order valence-corrected chi connectivity index (χ1v) is 7.59. The van der Waals surface area contributed by atoms with Crippen molar-refractivity contribution >= 4 is 17.3 Å². The Balaban J connectivity index is 2.47. The summed E-state index contributed by atoms with van der Waals surface area (Å²) in [6.07, 6.45) is -0.712. The van der Waals surface area contributed by atoms with Crippen molar-refractivity contribution in [1.29, 1.82) is 0 Å². The number of allylic oxidation sites excluding steroid dienone is 2. The molecule has 2 aromatic carbocycles. The highest BCUT2D eigenvalue weighted by Gasteiger charge is 2.30. The Morgan fingerprint density at radius 3 is 1.77 bits per heavy atom. The van der Waals surface area contributed by atoms with Gasteiger partial charge >= 0.3 is 12.1 Å². The summed E-state index contributed by atoms with van der Waals surface area (Å²) < 4.78 is 38.2. The Morgan fingerprint density at radius 2 is 1.35 bits per heavy atom. The number of hydrogen-bond acceptors (Lipinski definition) is 2. The lowest BCUT2D eigenvalue weighted by Gasteiger charge is -2.11. The van der Waals surface area contributed by atoms with Gasteiger partial charge in [-0.3, -0.25) is 4.79 Å². The fourth-order valence-corrected chi connectivity index (χ4v) is 2.31. The molecule has 0 aliphatic heterocycles. The molecule has 0 spiro atoms. The fraction of sp³-hybridized carbons (Fsp3) is 0.100. The zero-order valence-electron chi connectivity index (χ0n) is 13.7. The molecule has 0 aromatic heterocycles. The minimum atomic E-state index is -4.44. The van der Waals surface area contributed by atoms with Crippen LogP contribution in [0.3, 0.4) is 0 Å². The maximum absolute atomic E-state index is 12.7. The van der Waals surface area contributed by atoms with E-state index in [1.165, 1.54) is 31.2 Å². The number of carbonyl (C=O) groups is 2. The lowest BCUT2D eigenvalue weighted by Crippen LogP contribution is -2.04. The molecular weight excluding hydrogens is 345 g/mol. The lowest BCUT2D eigenvalue weighted by molar-refractivity contribution is -0.137. The number of carbonyl (C=O) groups excluding carboxylic acids is 1. The molecule has 0 fully saturated rings. The van der Waals surface area contributed by atoms with E-state index < -0.39 is 17.7 Å². The van der Waals surface area contributed by atoms with Crippen LogP contribution < -0.4 is 0 Å². The second-order valence-corrected chi connectivity index (χ2v) is 5.49. The molecule has 0 amide bonds. The van der Waals surface area contributed by atoms with E-state index in [-0.39, 0.29) is 5.78 Å². The molecule has 0 unspecified atom stereocenters. The van der Waals surface area contributed by atoms with Crippen LogP contribution in [0, 0.1) is 0 Å². The first-order chi connectivity index (χ1) is 12.2. The predicted octanol–water partition coefficient (Wildman–Crippen LogP) is 4.98. The van der Waals surface area contributed by atoms with Crippen LogP contribution in [-0.4, -0.2) is 16.9 Å². The molecule has 0 atom stereocenters. The van der Waals surface area contributed by atoms with Gasteiger partial charge in [0.05, 0.1) is 5.56 Å². The summed E-state index contributed by atoms with van der Waals surface area (Å²) in [5.41, 5.74) is 1.40. The number of hydrogen-bond donors (Lipinski definition) is 1. The Morgan fingerprint density at radius 1 is 0.885 bits per heavy atom. The average molecular weight is 360 g/mol. The first kappa shape index (κ1) is 19.2. The standard InChI is InChI=1S/C20H15F3O3/c1-13(24)14-5-7-15(8-6-14)18(3-2-4-19(25)26)16-9-11-17(12-10-16)20(21,22)23/h2-12H,1H3,(H,25,26)/b4-2+,18-3+. The normalized spacial score (nSPS) is 12.4. The highest BCUT2D eigenvalue weighted by Crippen LogP contribution is 2.31. The molecule has 134 valence electrons. The van der Waals surface area contributed by atoms with E-state index in [0.717, 1.165) is 18.2 Å². The molecule has 1 N–H and O–H groups in total. The highest BCUT2D eigenvalue weighted by atomic mass is 19.4. The predicted molar refractivity (Wildman–Crippen MR) is 91.7 cm³/mol. The largest absolute Gasteiger partial charge is 0.478 e. The van der Waals surface area contributed by atoms with Crippen molar-refractivity contribution in [3.05, 3.63) is 89.0 Å². The van der Waals surface area contributed by atoms with E-state index in [4.69, 9.17) is 5.11 Å². The van der Waals surface area contributed by atoms with E-state index in [9.17, 15) is 22.8 Å². The van der Waals surface area contributed by atoms with Crippen molar-refractivity contribution in [3.8, 4) is 0 Å². The second-order valence-electron chi connectivity index (χ2n) is 5.49. The van der Waals surface area contributed by atoms with E-state index in [1.807, 2.05) is 0 Å². The molecule has 26 heavy (non-hydrogen) atoms. The van der Waals surface area contributed by atoms with E-state index in [2.05, 4.69) is 0 Å². The van der Waals surface area contributed by atoms with Crippen molar-refractivity contribution < 1.29 is 27.9 Å². The maximum Gasteiger partial charge on any atom is 0.416 e. The molecule has 2 aromatic rings. The van der Waals surface area contributed by atoms with Crippen LogP contribution in [0.15, 0.2) is 66.8 Å². The smallest absolute Gasteiger partial charge is 0.416 e. The van der Waals surface area contributed by atoms with Crippen LogP contribution in [0.25, 0.3) is 5.57 Å². The number of carboxylic acids is 1. The summed E-state index contributed by atoms with van der Waals surface area (Å²) >= 11 is 0. The number of Topliss-reactive ketones (excluding diaryl/α,β-unsaturated/α-hetero) is 1. The number of carboxylic acid groups (broad SMARTS) is 1. The van der Waals surface area contributed by atoms with Crippen LogP contribution in [0.2, 0.25) is 0 Å². The topological polar surface area (TPSA) is 54.4 Å². The van der Waals surface area contributed by atoms with Crippen molar-refractivity contribution in [2.75, 3.05) is 0 Å². The van der Waals surface area contributed by atoms with Gasteiger partial charge in [0.15, 0.2) is 5.78 Å². The van der Waals surface area contributed by atoms with Gasteiger partial charge in [-0.25, -0.2) is 4.79 Å². The number of alkyl halides is 3. The SMILES string of the molecule is CC(=O)c1ccc(/C(=C\C=C\C(=O)O)c2ccc(C(F)(F)F)cc2)cc1. The van der Waals surface area contributed by atoms with Gasteiger partial charge in [-0.05, 0) is 35.8 Å². The average Bonchev–Trinajstić information content (AvgIpc) is 2.58. The van der Waals surface area contributed by atoms with Gasteiger partial charge in [0.25, 0.3) is 0 Å². The zero-order valence-corrected chi connectivity index (χ0v) is 13.7. The van der Waals surface area contributed by atoms with Crippen LogP contribution in [0.4, 0.5) is 13.2 Å². The van der Waals surface area contributed by atoms with Gasteiger partial charge in [-0.2, -0.15) is 13.2 Å². The highest BCUT2D eigenvalue weighted by molar-refractivity contribution is 5.94. The summed E-state index contributed by atoms with van der Waals surface area (Å²) in [6.45, 7) is 1.43. The quantitative estimate of drug-likeness (QED) is 0.465. The molecule has 0 bridgehead atoms. The van der Waals surface area contributed by atoms with Crippen LogP contribution in [0.1, 0.15) is 34.0 Å². The molecule has 6 heteroatoms. The fourth-order valence-electron chi connectivity index (χ4n) is 2.31. The summed E-state index contributed by atoms with van der Waals surface area (Å²) in [7, 11) is 0. The van der Waals surface area contributed by atoms with Gasteiger partial charge in [0.2, 0.25) is 0 Å². The van der Waals surface area contributed by atoms with Crippen molar-refractivity contribution in [2.45, 2.75) is 13.1 Å². The number of ketones is 1. The number of halogens is 3. The van der Waals surface area contributed by atoms with Crippen molar-refractivity contribution in [3.63, 3.8) is 0 Å². The molecule has 3 nitrogen and oxygen atoms in total. The molecule has 0 saturated carbocycles. The molecule has 0 aliphatic carbocycles. The van der Waals surface area contributed by atoms with Gasteiger partial charge in [0.1, 0.15) is 0 Å². The molecular formula is C20H15F3O3. The summed E-state index contributed by atoms with van der Waals surface area (Å²) in [5, 5.41) is 8.71. The van der Waals surface area contributed by atoms with Crippen LogP contribution in [-0.2, 0) is 11.0 Å². The van der Waals surface area contributed by atoms with Crippen molar-refractivity contribution in [2.24, 2.45) is 0 Å². The second kappa shape index (κ2) is 7.82. The lowest BCUT2D eigenvalue weighted by atomic mass is 9.95. The van der Waals surface area contributed by atoms with E-state index in [0.29, 0.717) is 22.3 Å². The first-order valence-electron chi connectivity index (χ1n) is 7.59. The van der Waals surface area contributed by atoms with Crippen LogP contribution in [0.5, 0.6) is 0 Å². The summed E-state index contributed by atoms with van der Waals surface area (Å²) in [5.74, 6) is -1.25. The Kier molecular flexibility index (Phi) is 5.77. The van der Waals surface area contributed by atoms with Gasteiger partial charge in [0, 0.05) is 11.6 Å². The Bertz CT molecular complexity index is 859. The number of benzene rings is 2. The molecule has 0 aliphatic rings. The molecule has 0 heterocycles. The molecule has 0 saturated heterocycles. The maximum atomic E-state index is 12.7. The summed E-state index contributed by atoms with van der Waals surface area (Å²) in [6, 6.07) is 11.1. The third-order valence-electron chi connectivity index (χ3n) is 3.63. The number of rotatable bonds is 5. The number of aliphatic carboxylic acids is 1. The monoisotopic (exact) mass is 360 g/mol.